The predicted octanol–water partition coefficient (Wildman–Crippen LogP) is 4.63. The first-order chi connectivity index (χ1) is 18.6. The topological polar surface area (TPSA) is 115 Å². The molecule has 0 saturated carbocycles. The van der Waals surface area contributed by atoms with E-state index in [-0.39, 0.29) is 23.9 Å². The van der Waals surface area contributed by atoms with Crippen LogP contribution >= 0.6 is 11.6 Å². The van der Waals surface area contributed by atoms with Crippen molar-refractivity contribution >= 4 is 22.8 Å². The molecule has 2 aliphatic rings. The second-order valence-corrected chi connectivity index (χ2v) is 9.73. The predicted molar refractivity (Wildman–Crippen MR) is 142 cm³/mol. The van der Waals surface area contributed by atoms with Crippen molar-refractivity contribution in [1.82, 2.24) is 24.9 Å². The number of hydrogen-bond donors (Lipinski definition) is 2. The average molecular weight is 528 g/mol. The highest BCUT2D eigenvalue weighted by Gasteiger charge is 2.43. The van der Waals surface area contributed by atoms with Crippen molar-refractivity contribution < 1.29 is 14.2 Å². The number of rotatable bonds is 5. The number of H-pyrrole nitrogens is 2. The van der Waals surface area contributed by atoms with E-state index in [1.807, 2.05) is 54.6 Å². The van der Waals surface area contributed by atoms with Gasteiger partial charge in [-0.25, -0.2) is 9.97 Å². The molecule has 2 N–H and O–H groups in total. The van der Waals surface area contributed by atoms with Crippen LogP contribution in [0.5, 0.6) is 6.01 Å². The van der Waals surface area contributed by atoms with Crippen molar-refractivity contribution in [3.8, 4) is 39.8 Å². The summed E-state index contributed by atoms with van der Waals surface area (Å²) in [7, 11) is 0. The van der Waals surface area contributed by atoms with Gasteiger partial charge in [0.25, 0.3) is 11.6 Å². The zero-order chi connectivity index (χ0) is 25.6. The van der Waals surface area contributed by atoms with Crippen LogP contribution in [-0.2, 0) is 9.47 Å². The molecule has 5 aromatic rings. The summed E-state index contributed by atoms with van der Waals surface area (Å²) in [5.41, 5.74) is 5.46. The smallest absolute Gasteiger partial charge is 0.296 e. The summed E-state index contributed by atoms with van der Waals surface area (Å²) in [6.45, 7) is 1.16. The minimum atomic E-state index is -0.203. The summed E-state index contributed by atoms with van der Waals surface area (Å²) >= 11 is 6.61. The van der Waals surface area contributed by atoms with Crippen molar-refractivity contribution in [3.05, 3.63) is 82.2 Å². The molecule has 0 amide bonds. The molecule has 2 saturated heterocycles. The van der Waals surface area contributed by atoms with E-state index in [1.54, 1.807) is 0 Å². The minimum Gasteiger partial charge on any atom is -0.456 e. The second-order valence-electron chi connectivity index (χ2n) is 9.32. The fourth-order valence-electron chi connectivity index (χ4n) is 4.99. The molecular formula is C28H22ClN5O4. The Hall–Kier alpha value is -4.05. The number of nitrogens with zero attached hydrogens (tertiary/aromatic N) is 3. The number of fused-ring (bicyclic) bond motifs is 2. The van der Waals surface area contributed by atoms with Gasteiger partial charge in [0, 0.05) is 30.0 Å². The number of benzene rings is 2. The largest absolute Gasteiger partial charge is 0.456 e. The Bertz CT molecular complexity index is 1680. The molecular weight excluding hydrogens is 506 g/mol. The quantitative estimate of drug-likeness (QED) is 0.342. The molecule has 3 atom stereocenters. The van der Waals surface area contributed by atoms with Crippen LogP contribution in [0, 0.1) is 0 Å². The van der Waals surface area contributed by atoms with Gasteiger partial charge in [-0.1, -0.05) is 60.1 Å². The Balaban J connectivity index is 1.11. The molecule has 2 aromatic carbocycles. The van der Waals surface area contributed by atoms with E-state index in [1.165, 1.54) is 12.3 Å². The summed E-state index contributed by atoms with van der Waals surface area (Å²) < 4.78 is 17.6. The first-order valence-corrected chi connectivity index (χ1v) is 12.7. The third kappa shape index (κ3) is 4.24. The lowest BCUT2D eigenvalue weighted by Crippen LogP contribution is -2.32. The van der Waals surface area contributed by atoms with Gasteiger partial charge in [0.1, 0.15) is 11.9 Å². The molecule has 0 aliphatic carbocycles. The molecule has 0 bridgehead atoms. The van der Waals surface area contributed by atoms with E-state index in [4.69, 9.17) is 30.8 Å². The van der Waals surface area contributed by atoms with Crippen molar-refractivity contribution in [2.24, 2.45) is 0 Å². The van der Waals surface area contributed by atoms with Crippen LogP contribution in [0.25, 0.3) is 44.9 Å². The Labute approximate surface area is 221 Å². The molecule has 7 rings (SSSR count). The highest BCUT2D eigenvalue weighted by atomic mass is 35.5. The summed E-state index contributed by atoms with van der Waals surface area (Å²) in [5.74, 6) is 0.537. The Morgan fingerprint density at radius 1 is 0.895 bits per heavy atom. The zero-order valence-corrected chi connectivity index (χ0v) is 20.8. The standard InChI is InChI=1S/C28H22ClN5O4/c29-19-13-20-27(34-28(31-20)38-22-14-37-21-10-12-36-25(21)22)33-24(19)17-5-1-15(2-6-17)16-3-7-18(8-4-16)26-30-11-9-23(35)32-26/h1-9,11,13,21-22,25H,10,12,14H2,(H,30,32,35)(H,31,33,34). The van der Waals surface area contributed by atoms with Crippen LogP contribution in [0.3, 0.4) is 0 Å². The Kier molecular flexibility index (Phi) is 5.69. The van der Waals surface area contributed by atoms with Crippen molar-refractivity contribution in [2.75, 3.05) is 13.2 Å². The van der Waals surface area contributed by atoms with Gasteiger partial charge in [-0.2, -0.15) is 4.98 Å². The normalized spacial score (nSPS) is 20.6. The van der Waals surface area contributed by atoms with E-state index in [0.717, 1.165) is 28.7 Å². The van der Waals surface area contributed by atoms with Crippen LogP contribution in [0.2, 0.25) is 5.02 Å². The number of pyridine rings is 1. The van der Waals surface area contributed by atoms with Crippen molar-refractivity contribution in [3.63, 3.8) is 0 Å². The molecule has 5 heterocycles. The molecule has 10 heteroatoms. The third-order valence-electron chi connectivity index (χ3n) is 6.91. The minimum absolute atomic E-state index is 0.0657. The van der Waals surface area contributed by atoms with Gasteiger partial charge in [0.2, 0.25) is 0 Å². The van der Waals surface area contributed by atoms with Gasteiger partial charge in [0.15, 0.2) is 11.8 Å². The molecule has 0 spiro atoms. The molecule has 0 radical (unpaired) electrons. The first kappa shape index (κ1) is 23.1. The van der Waals surface area contributed by atoms with Gasteiger partial charge >= 0.3 is 0 Å². The van der Waals surface area contributed by atoms with Gasteiger partial charge in [-0.05, 0) is 23.6 Å². The fourth-order valence-corrected chi connectivity index (χ4v) is 5.25. The summed E-state index contributed by atoms with van der Waals surface area (Å²) in [5, 5.41) is 0.512. The van der Waals surface area contributed by atoms with E-state index in [2.05, 4.69) is 19.9 Å². The molecule has 38 heavy (non-hydrogen) atoms. The highest BCUT2D eigenvalue weighted by molar-refractivity contribution is 6.33. The Morgan fingerprint density at radius 2 is 1.63 bits per heavy atom. The zero-order valence-electron chi connectivity index (χ0n) is 20.1. The number of halogens is 1. The lowest BCUT2D eigenvalue weighted by atomic mass is 10.0. The van der Waals surface area contributed by atoms with E-state index < -0.39 is 0 Å². The van der Waals surface area contributed by atoms with Gasteiger partial charge in [0.05, 0.1) is 28.9 Å². The van der Waals surface area contributed by atoms with Crippen LogP contribution in [0.1, 0.15) is 6.42 Å². The maximum absolute atomic E-state index is 11.6. The van der Waals surface area contributed by atoms with Crippen LogP contribution in [0.15, 0.2) is 71.7 Å². The van der Waals surface area contributed by atoms with E-state index in [0.29, 0.717) is 46.9 Å². The molecule has 190 valence electrons. The van der Waals surface area contributed by atoms with Crippen LogP contribution < -0.4 is 10.3 Å². The van der Waals surface area contributed by atoms with Gasteiger partial charge in [-0.3, -0.25) is 4.79 Å². The van der Waals surface area contributed by atoms with Crippen LogP contribution in [0.4, 0.5) is 0 Å². The molecule has 3 aromatic heterocycles. The summed E-state index contributed by atoms with van der Waals surface area (Å²) in [4.78, 5) is 30.9. The SMILES string of the molecule is O=c1ccnc(-c2ccc(-c3ccc(-c4nc5nc(OC6COC7CCOC76)[nH]c5cc4Cl)cc3)cc2)[nH]1. The number of ether oxygens (including phenoxy) is 3. The molecule has 9 nitrogen and oxygen atoms in total. The highest BCUT2D eigenvalue weighted by Crippen LogP contribution is 2.33. The maximum atomic E-state index is 11.6. The summed E-state index contributed by atoms with van der Waals surface area (Å²) in [6.07, 6.45) is 2.21. The average Bonchev–Trinajstić information content (AvgIpc) is 3.66. The number of nitrogens with one attached hydrogen (secondary N) is 2. The monoisotopic (exact) mass is 527 g/mol. The number of aromatic nitrogens is 5. The number of hydrogen-bond acceptors (Lipinski definition) is 7. The molecule has 2 aliphatic heterocycles. The van der Waals surface area contributed by atoms with Crippen molar-refractivity contribution in [1.29, 1.82) is 0 Å². The molecule has 2 fully saturated rings. The van der Waals surface area contributed by atoms with Crippen molar-refractivity contribution in [2.45, 2.75) is 24.7 Å². The molecule has 3 unspecified atom stereocenters. The summed E-state index contributed by atoms with van der Waals surface area (Å²) in [6, 6.07) is 19.4. The van der Waals surface area contributed by atoms with E-state index in [9.17, 15) is 4.79 Å². The fraction of sp³-hybridized carbons (Fsp3) is 0.214. The number of aromatic amines is 2. The second kappa shape index (κ2) is 9.36. The Morgan fingerprint density at radius 3 is 2.39 bits per heavy atom. The lowest BCUT2D eigenvalue weighted by molar-refractivity contribution is 0.0273. The third-order valence-corrected chi connectivity index (χ3v) is 7.20. The van der Waals surface area contributed by atoms with Gasteiger partial charge in [-0.15, -0.1) is 0 Å². The van der Waals surface area contributed by atoms with Crippen LogP contribution in [-0.4, -0.2) is 56.4 Å². The lowest BCUT2D eigenvalue weighted by Gasteiger charge is -2.15. The van der Waals surface area contributed by atoms with E-state index >= 15 is 0 Å². The maximum Gasteiger partial charge on any atom is 0.296 e. The number of imidazole rings is 1. The first-order valence-electron chi connectivity index (χ1n) is 12.3. The van der Waals surface area contributed by atoms with Gasteiger partial charge < -0.3 is 24.2 Å².